The third-order valence-corrected chi connectivity index (χ3v) is 6.67. The van der Waals surface area contributed by atoms with Gasteiger partial charge in [0.25, 0.3) is 0 Å². The van der Waals surface area contributed by atoms with Crippen molar-refractivity contribution in [1.82, 2.24) is 19.9 Å². The van der Waals surface area contributed by atoms with Gasteiger partial charge in [-0.15, -0.1) is 0 Å². The number of rotatable bonds is 5. The summed E-state index contributed by atoms with van der Waals surface area (Å²) in [6.45, 7) is 2.05. The molecule has 0 fully saturated rings. The lowest BCUT2D eigenvalue weighted by Crippen LogP contribution is -1.97. The number of aromatic amines is 1. The molecule has 0 aliphatic rings. The number of hydrogen-bond acceptors (Lipinski definition) is 6. The number of hydrogen-bond donors (Lipinski definition) is 2. The van der Waals surface area contributed by atoms with E-state index >= 15 is 0 Å². The van der Waals surface area contributed by atoms with Crippen molar-refractivity contribution in [3.8, 4) is 29.1 Å². The summed E-state index contributed by atoms with van der Waals surface area (Å²) in [6.07, 6.45) is 2.52. The van der Waals surface area contributed by atoms with Crippen LogP contribution in [-0.4, -0.2) is 25.0 Å². The number of aromatic nitrogens is 4. The van der Waals surface area contributed by atoms with Crippen molar-refractivity contribution in [2.24, 2.45) is 0 Å². The van der Waals surface area contributed by atoms with Gasteiger partial charge in [0.15, 0.2) is 0 Å². The monoisotopic (exact) mass is 526 g/mol. The van der Waals surface area contributed by atoms with Crippen molar-refractivity contribution >= 4 is 48.6 Å². The van der Waals surface area contributed by atoms with E-state index in [0.717, 1.165) is 43.6 Å². The Morgan fingerprint density at radius 1 is 0.914 bits per heavy atom. The first-order chi connectivity index (χ1) is 17.1. The fourth-order valence-electron chi connectivity index (χ4n) is 4.06. The molecule has 6 aromatic rings. The number of halogens is 1. The first-order valence-corrected chi connectivity index (χ1v) is 11.9. The van der Waals surface area contributed by atoms with Crippen LogP contribution in [0.25, 0.3) is 32.7 Å². The molecule has 0 aliphatic heterocycles. The van der Waals surface area contributed by atoms with Gasteiger partial charge in [0.05, 0.1) is 15.4 Å². The number of phenolic OH excluding ortho intramolecular Hbond substituents is 1. The summed E-state index contributed by atoms with van der Waals surface area (Å²) >= 11 is 3.67. The summed E-state index contributed by atoms with van der Waals surface area (Å²) in [7, 11) is 0. The SMILES string of the molecule is CCc1[nH]c2nc(Oc3ccc4cccnc4c3)nc(Oc3ccc4c(O)cccc4c3)c2c1Br. The molecule has 35 heavy (non-hydrogen) atoms. The number of aromatic hydroxyl groups is 1. The van der Waals surface area contributed by atoms with E-state index in [4.69, 9.17) is 9.47 Å². The molecule has 0 spiro atoms. The van der Waals surface area contributed by atoms with Crippen LogP contribution in [0.4, 0.5) is 0 Å². The molecule has 0 aliphatic carbocycles. The van der Waals surface area contributed by atoms with Crippen molar-refractivity contribution in [3.63, 3.8) is 0 Å². The number of nitrogens with zero attached hydrogens (tertiary/aromatic N) is 3. The summed E-state index contributed by atoms with van der Waals surface area (Å²) in [5.74, 6) is 1.73. The Bertz CT molecular complexity index is 1730. The van der Waals surface area contributed by atoms with Crippen molar-refractivity contribution in [2.75, 3.05) is 0 Å². The Kier molecular flexibility index (Phi) is 5.22. The van der Waals surface area contributed by atoms with Crippen molar-refractivity contribution < 1.29 is 14.6 Å². The molecule has 6 rings (SSSR count). The van der Waals surface area contributed by atoms with E-state index in [9.17, 15) is 5.11 Å². The van der Waals surface area contributed by atoms with E-state index in [2.05, 4.69) is 42.8 Å². The van der Waals surface area contributed by atoms with Crippen molar-refractivity contribution in [2.45, 2.75) is 13.3 Å². The van der Waals surface area contributed by atoms with Gasteiger partial charge in [-0.1, -0.05) is 25.1 Å². The Labute approximate surface area is 208 Å². The minimum absolute atomic E-state index is 0.151. The Morgan fingerprint density at radius 3 is 2.63 bits per heavy atom. The first kappa shape index (κ1) is 21.4. The van der Waals surface area contributed by atoms with Gasteiger partial charge in [0.1, 0.15) is 22.9 Å². The van der Waals surface area contributed by atoms with E-state index in [0.29, 0.717) is 23.0 Å². The highest BCUT2D eigenvalue weighted by atomic mass is 79.9. The molecule has 172 valence electrons. The van der Waals surface area contributed by atoms with Crippen LogP contribution in [0.1, 0.15) is 12.6 Å². The number of ether oxygens (including phenoxy) is 2. The van der Waals surface area contributed by atoms with Gasteiger partial charge in [0.2, 0.25) is 5.88 Å². The topological polar surface area (TPSA) is 93.2 Å². The minimum atomic E-state index is 0.151. The van der Waals surface area contributed by atoms with Crippen LogP contribution >= 0.6 is 15.9 Å². The maximum Gasteiger partial charge on any atom is 0.327 e. The molecule has 0 amide bonds. The normalized spacial score (nSPS) is 11.4. The number of fused-ring (bicyclic) bond motifs is 3. The van der Waals surface area contributed by atoms with Gasteiger partial charge in [-0.3, -0.25) is 4.98 Å². The molecular formula is C27H19BrN4O3. The van der Waals surface area contributed by atoms with Crippen LogP contribution < -0.4 is 9.47 Å². The number of phenols is 1. The Hall–Kier alpha value is -4.17. The summed E-state index contributed by atoms with van der Waals surface area (Å²) < 4.78 is 13.1. The molecule has 0 atom stereocenters. The van der Waals surface area contributed by atoms with E-state index in [1.54, 1.807) is 24.4 Å². The van der Waals surface area contributed by atoms with E-state index < -0.39 is 0 Å². The van der Waals surface area contributed by atoms with E-state index in [1.165, 1.54) is 0 Å². The largest absolute Gasteiger partial charge is 0.507 e. The Morgan fingerprint density at radius 2 is 1.74 bits per heavy atom. The highest BCUT2D eigenvalue weighted by molar-refractivity contribution is 9.10. The number of H-pyrrole nitrogens is 1. The fraction of sp³-hybridized carbons (Fsp3) is 0.0741. The third-order valence-electron chi connectivity index (χ3n) is 5.79. The standard InChI is InChI=1S/C27H19BrN4O3/c1-2-20-24(28)23-25(30-20)31-27(35-18-9-8-15-6-4-12-29-21(15)14-18)32-26(23)34-17-10-11-19-16(13-17)5-3-7-22(19)33/h3-14,33H,2H2,1H3,(H,30,31,32). The molecule has 2 N–H and O–H groups in total. The zero-order chi connectivity index (χ0) is 23.9. The third kappa shape index (κ3) is 3.91. The van der Waals surface area contributed by atoms with E-state index in [1.807, 2.05) is 48.5 Å². The van der Waals surface area contributed by atoms with Gasteiger partial charge in [-0.2, -0.15) is 9.97 Å². The lowest BCUT2D eigenvalue weighted by molar-refractivity contribution is 0.417. The van der Waals surface area contributed by atoms with Crippen LogP contribution in [0, 0.1) is 0 Å². The number of benzene rings is 3. The molecule has 0 saturated heterocycles. The van der Waals surface area contributed by atoms with Gasteiger partial charge in [-0.05, 0) is 70.2 Å². The average molecular weight is 527 g/mol. The summed E-state index contributed by atoms with van der Waals surface area (Å²) in [5, 5.41) is 13.5. The average Bonchev–Trinajstić information content (AvgIpc) is 3.19. The van der Waals surface area contributed by atoms with Crippen LogP contribution in [0.2, 0.25) is 0 Å². The predicted octanol–water partition coefficient (Wildman–Crippen LogP) is 7.27. The molecule has 7 nitrogen and oxygen atoms in total. The highest BCUT2D eigenvalue weighted by Gasteiger charge is 2.19. The van der Waals surface area contributed by atoms with Gasteiger partial charge in [0, 0.05) is 28.7 Å². The second kappa shape index (κ2) is 8.56. The number of nitrogens with one attached hydrogen (secondary N) is 1. The molecule has 3 heterocycles. The molecule has 0 saturated carbocycles. The van der Waals surface area contributed by atoms with Gasteiger partial charge >= 0.3 is 6.01 Å². The van der Waals surface area contributed by atoms with Gasteiger partial charge in [-0.25, -0.2) is 0 Å². The summed E-state index contributed by atoms with van der Waals surface area (Å²) in [6, 6.07) is 20.5. The van der Waals surface area contributed by atoms with Crippen LogP contribution in [0.15, 0.2) is 77.4 Å². The molecule has 8 heteroatoms. The van der Waals surface area contributed by atoms with Crippen molar-refractivity contribution in [1.29, 1.82) is 0 Å². The van der Waals surface area contributed by atoms with Crippen molar-refractivity contribution in [3.05, 3.63) is 83.1 Å². The first-order valence-electron chi connectivity index (χ1n) is 11.1. The Balaban J connectivity index is 1.43. The second-order valence-electron chi connectivity index (χ2n) is 8.03. The smallest absolute Gasteiger partial charge is 0.327 e. The maximum absolute atomic E-state index is 10.1. The minimum Gasteiger partial charge on any atom is -0.507 e. The van der Waals surface area contributed by atoms with E-state index in [-0.39, 0.29) is 11.8 Å². The number of aryl methyl sites for hydroxylation is 1. The lowest BCUT2D eigenvalue weighted by atomic mass is 10.1. The fourth-order valence-corrected chi connectivity index (χ4v) is 4.79. The van der Waals surface area contributed by atoms with Crippen LogP contribution in [0.5, 0.6) is 29.1 Å². The zero-order valence-corrected chi connectivity index (χ0v) is 20.2. The molecule has 0 radical (unpaired) electrons. The molecule has 0 bridgehead atoms. The summed E-state index contributed by atoms with van der Waals surface area (Å²) in [4.78, 5) is 16.9. The number of pyridine rings is 1. The maximum atomic E-state index is 10.1. The highest BCUT2D eigenvalue weighted by Crippen LogP contribution is 2.38. The zero-order valence-electron chi connectivity index (χ0n) is 18.6. The second-order valence-corrected chi connectivity index (χ2v) is 8.82. The molecule has 3 aromatic carbocycles. The quantitative estimate of drug-likeness (QED) is 0.245. The molecule has 3 aromatic heterocycles. The summed E-state index contributed by atoms with van der Waals surface area (Å²) in [5.41, 5.74) is 2.40. The van der Waals surface area contributed by atoms with Gasteiger partial charge < -0.3 is 19.6 Å². The predicted molar refractivity (Wildman–Crippen MR) is 138 cm³/mol. The lowest BCUT2D eigenvalue weighted by Gasteiger charge is -2.10. The van der Waals surface area contributed by atoms with Crippen LogP contribution in [0.3, 0.4) is 0 Å². The van der Waals surface area contributed by atoms with Crippen LogP contribution in [-0.2, 0) is 6.42 Å². The molecular weight excluding hydrogens is 508 g/mol. The molecule has 0 unspecified atom stereocenters.